The van der Waals surface area contributed by atoms with Crippen LogP contribution in [0.1, 0.15) is 21.5 Å². The van der Waals surface area contributed by atoms with E-state index in [1.54, 1.807) is 53.4 Å². The number of hydrogen-bond donors (Lipinski definition) is 1. The molecule has 138 valence electrons. The zero-order valence-corrected chi connectivity index (χ0v) is 16.2. The summed E-state index contributed by atoms with van der Waals surface area (Å²) in [5, 5.41) is 3.42. The number of pyridine rings is 1. The van der Waals surface area contributed by atoms with Gasteiger partial charge >= 0.3 is 0 Å². The number of aromatic nitrogens is 1. The SMILES string of the molecule is Cc1ccc(Cl)cc1NC(=O)C[n+]1ccc(C(=O)c2ccccc2)cc1.[Cl-]. The van der Waals surface area contributed by atoms with Crippen molar-refractivity contribution >= 4 is 29.0 Å². The normalized spacial score (nSPS) is 10.0. The van der Waals surface area contributed by atoms with Gasteiger partial charge in [-0.1, -0.05) is 48.0 Å². The minimum Gasteiger partial charge on any atom is -1.00 e. The second kappa shape index (κ2) is 9.31. The lowest BCUT2D eigenvalue weighted by molar-refractivity contribution is -0.684. The van der Waals surface area contributed by atoms with Crippen LogP contribution >= 0.6 is 11.6 Å². The molecule has 0 unspecified atom stereocenters. The number of hydrogen-bond acceptors (Lipinski definition) is 2. The fraction of sp³-hybridized carbons (Fsp3) is 0.0952. The van der Waals surface area contributed by atoms with Gasteiger partial charge in [-0.05, 0) is 24.6 Å². The lowest BCUT2D eigenvalue weighted by atomic mass is 10.0. The first-order chi connectivity index (χ1) is 12.5. The van der Waals surface area contributed by atoms with E-state index < -0.39 is 0 Å². The smallest absolute Gasteiger partial charge is 0.290 e. The molecule has 0 spiro atoms. The van der Waals surface area contributed by atoms with Crippen LogP contribution in [0.2, 0.25) is 5.02 Å². The molecule has 0 saturated carbocycles. The molecule has 6 heteroatoms. The summed E-state index contributed by atoms with van der Waals surface area (Å²) in [6.45, 7) is 2.05. The Bertz CT molecular complexity index is 942. The van der Waals surface area contributed by atoms with Gasteiger partial charge in [-0.3, -0.25) is 9.59 Å². The van der Waals surface area contributed by atoms with Gasteiger partial charge in [0.15, 0.2) is 18.2 Å². The van der Waals surface area contributed by atoms with Crippen LogP contribution in [0, 0.1) is 6.92 Å². The molecule has 0 aliphatic rings. The van der Waals surface area contributed by atoms with Crippen molar-refractivity contribution in [1.82, 2.24) is 0 Å². The number of anilines is 1. The Kier molecular flexibility index (Phi) is 7.11. The topological polar surface area (TPSA) is 50.1 Å². The molecule has 2 aromatic carbocycles. The van der Waals surface area contributed by atoms with Gasteiger partial charge in [0.1, 0.15) is 0 Å². The molecule has 0 saturated heterocycles. The van der Waals surface area contributed by atoms with Crippen LogP contribution in [0.15, 0.2) is 73.1 Å². The van der Waals surface area contributed by atoms with Gasteiger partial charge in [-0.2, -0.15) is 4.57 Å². The summed E-state index contributed by atoms with van der Waals surface area (Å²) in [5.41, 5.74) is 2.86. The third kappa shape index (κ3) is 5.39. The van der Waals surface area contributed by atoms with Crippen molar-refractivity contribution in [2.75, 3.05) is 5.32 Å². The zero-order valence-electron chi connectivity index (χ0n) is 14.7. The molecule has 4 nitrogen and oxygen atoms in total. The number of aryl methyl sites for hydroxylation is 1. The molecular weight excluding hydrogens is 383 g/mol. The highest BCUT2D eigenvalue weighted by molar-refractivity contribution is 6.31. The summed E-state index contributed by atoms with van der Waals surface area (Å²) >= 11 is 5.97. The van der Waals surface area contributed by atoms with Gasteiger partial charge in [0.05, 0.1) is 0 Å². The molecule has 0 atom stereocenters. The van der Waals surface area contributed by atoms with E-state index >= 15 is 0 Å². The van der Waals surface area contributed by atoms with Crippen LogP contribution in [0.4, 0.5) is 5.69 Å². The van der Waals surface area contributed by atoms with Gasteiger partial charge < -0.3 is 17.7 Å². The van der Waals surface area contributed by atoms with Gasteiger partial charge in [0.25, 0.3) is 5.91 Å². The van der Waals surface area contributed by atoms with Crippen molar-refractivity contribution in [3.05, 3.63) is 94.8 Å². The Hall–Kier alpha value is -2.69. The predicted molar refractivity (Wildman–Crippen MR) is 101 cm³/mol. The van der Waals surface area contributed by atoms with Crippen LogP contribution < -0.4 is 22.3 Å². The van der Waals surface area contributed by atoms with Crippen molar-refractivity contribution in [2.45, 2.75) is 13.5 Å². The number of carbonyl (C=O) groups excluding carboxylic acids is 2. The summed E-state index contributed by atoms with van der Waals surface area (Å²) in [4.78, 5) is 24.6. The standard InChI is InChI=1S/C21H17ClN2O2.ClH/c1-15-7-8-18(22)13-19(15)23-20(25)14-24-11-9-17(10-12-24)21(26)16-5-3-2-4-6-16;/h2-13H,14H2,1H3;1H. The maximum absolute atomic E-state index is 12.4. The van der Waals surface area contributed by atoms with E-state index in [-0.39, 0.29) is 30.6 Å². The van der Waals surface area contributed by atoms with E-state index in [0.717, 1.165) is 5.56 Å². The lowest BCUT2D eigenvalue weighted by Crippen LogP contribution is -3.00. The summed E-state index contributed by atoms with van der Waals surface area (Å²) in [5.74, 6) is -0.209. The van der Waals surface area contributed by atoms with Crippen molar-refractivity contribution in [3.63, 3.8) is 0 Å². The Labute approximate surface area is 169 Å². The minimum absolute atomic E-state index is 0. The summed E-state index contributed by atoms with van der Waals surface area (Å²) < 4.78 is 1.72. The third-order valence-electron chi connectivity index (χ3n) is 3.99. The number of carbonyl (C=O) groups is 2. The van der Waals surface area contributed by atoms with E-state index in [2.05, 4.69) is 5.32 Å². The summed E-state index contributed by atoms with van der Waals surface area (Å²) in [6.07, 6.45) is 3.45. The van der Waals surface area contributed by atoms with E-state index in [0.29, 0.717) is 21.8 Å². The number of amides is 1. The molecule has 1 amide bonds. The van der Waals surface area contributed by atoms with Crippen molar-refractivity contribution in [1.29, 1.82) is 0 Å². The van der Waals surface area contributed by atoms with Gasteiger partial charge in [-0.25, -0.2) is 0 Å². The number of nitrogens with zero attached hydrogens (tertiary/aromatic N) is 1. The maximum atomic E-state index is 12.4. The molecule has 1 heterocycles. The monoisotopic (exact) mass is 400 g/mol. The largest absolute Gasteiger partial charge is 1.00 e. The molecule has 0 radical (unpaired) electrons. The van der Waals surface area contributed by atoms with Gasteiger partial charge in [0, 0.05) is 34.0 Å². The second-order valence-electron chi connectivity index (χ2n) is 5.96. The Morgan fingerprint density at radius 2 is 1.59 bits per heavy atom. The van der Waals surface area contributed by atoms with Gasteiger partial charge in [-0.15, -0.1) is 0 Å². The van der Waals surface area contributed by atoms with Gasteiger partial charge in [0.2, 0.25) is 6.54 Å². The number of halogens is 2. The molecule has 0 fully saturated rings. The van der Waals surface area contributed by atoms with E-state index in [1.807, 2.05) is 31.2 Å². The number of benzene rings is 2. The number of nitrogens with one attached hydrogen (secondary N) is 1. The Balaban J connectivity index is 0.00000261. The number of rotatable bonds is 5. The van der Waals surface area contributed by atoms with E-state index in [4.69, 9.17) is 11.6 Å². The molecule has 3 rings (SSSR count). The number of ketones is 1. The Morgan fingerprint density at radius 3 is 2.26 bits per heavy atom. The maximum Gasteiger partial charge on any atom is 0.290 e. The first kappa shape index (κ1) is 20.6. The molecular formula is C21H18Cl2N2O2. The zero-order chi connectivity index (χ0) is 18.5. The van der Waals surface area contributed by atoms with Crippen LogP contribution in [0.3, 0.4) is 0 Å². The minimum atomic E-state index is -0.164. The lowest BCUT2D eigenvalue weighted by Gasteiger charge is -2.07. The molecule has 1 aromatic heterocycles. The van der Waals surface area contributed by atoms with E-state index in [9.17, 15) is 9.59 Å². The summed E-state index contributed by atoms with van der Waals surface area (Å²) in [6, 6.07) is 17.9. The first-order valence-corrected chi connectivity index (χ1v) is 8.55. The summed E-state index contributed by atoms with van der Waals surface area (Å²) in [7, 11) is 0. The van der Waals surface area contributed by atoms with Crippen LogP contribution in [0.5, 0.6) is 0 Å². The van der Waals surface area contributed by atoms with Crippen LogP contribution in [0.25, 0.3) is 0 Å². The predicted octanol–water partition coefficient (Wildman–Crippen LogP) is 0.810. The van der Waals surface area contributed by atoms with Crippen molar-refractivity contribution in [3.8, 4) is 0 Å². The molecule has 0 aliphatic heterocycles. The van der Waals surface area contributed by atoms with Crippen LogP contribution in [-0.2, 0) is 11.3 Å². The highest BCUT2D eigenvalue weighted by Crippen LogP contribution is 2.20. The molecule has 1 N–H and O–H groups in total. The third-order valence-corrected chi connectivity index (χ3v) is 4.22. The molecule has 0 bridgehead atoms. The molecule has 3 aromatic rings. The van der Waals surface area contributed by atoms with Crippen molar-refractivity contribution in [2.24, 2.45) is 0 Å². The highest BCUT2D eigenvalue weighted by atomic mass is 35.5. The van der Waals surface area contributed by atoms with E-state index in [1.165, 1.54) is 0 Å². The fourth-order valence-electron chi connectivity index (χ4n) is 2.55. The molecule has 27 heavy (non-hydrogen) atoms. The average Bonchev–Trinajstić information content (AvgIpc) is 2.65. The highest BCUT2D eigenvalue weighted by Gasteiger charge is 2.14. The quantitative estimate of drug-likeness (QED) is 0.508. The molecule has 0 aliphatic carbocycles. The fourth-order valence-corrected chi connectivity index (χ4v) is 2.73. The van der Waals surface area contributed by atoms with Crippen LogP contribution in [-0.4, -0.2) is 11.7 Å². The average molecular weight is 401 g/mol. The second-order valence-corrected chi connectivity index (χ2v) is 6.40. The Morgan fingerprint density at radius 1 is 0.963 bits per heavy atom. The van der Waals surface area contributed by atoms with Crippen molar-refractivity contribution < 1.29 is 26.6 Å². The first-order valence-electron chi connectivity index (χ1n) is 8.18.